The second-order valence-electron chi connectivity index (χ2n) is 4.39. The SMILES string of the molecule is O=C(NC1CCC(C(=O)O)C1)c1ccnc(F)c1. The molecule has 0 spiro atoms. The van der Waals surface area contributed by atoms with Crippen molar-refractivity contribution in [3.63, 3.8) is 0 Å². The number of pyridine rings is 1. The molecule has 1 aromatic rings. The van der Waals surface area contributed by atoms with Crippen LogP contribution in [-0.4, -0.2) is 28.0 Å². The number of hydrogen-bond acceptors (Lipinski definition) is 3. The summed E-state index contributed by atoms with van der Waals surface area (Å²) in [6, 6.07) is 2.32. The molecule has 1 aliphatic carbocycles. The molecule has 2 atom stereocenters. The zero-order valence-electron chi connectivity index (χ0n) is 9.60. The number of carbonyl (C=O) groups is 2. The molecule has 1 saturated carbocycles. The van der Waals surface area contributed by atoms with Crippen molar-refractivity contribution in [3.8, 4) is 0 Å². The normalized spacial score (nSPS) is 22.7. The van der Waals surface area contributed by atoms with Crippen LogP contribution in [0.25, 0.3) is 0 Å². The smallest absolute Gasteiger partial charge is 0.306 e. The van der Waals surface area contributed by atoms with Crippen molar-refractivity contribution in [2.75, 3.05) is 0 Å². The quantitative estimate of drug-likeness (QED) is 0.792. The van der Waals surface area contributed by atoms with E-state index in [-0.39, 0.29) is 11.6 Å². The number of nitrogens with zero attached hydrogens (tertiary/aromatic N) is 1. The Labute approximate surface area is 103 Å². The minimum atomic E-state index is -0.832. The van der Waals surface area contributed by atoms with Gasteiger partial charge in [-0.2, -0.15) is 4.39 Å². The monoisotopic (exact) mass is 252 g/mol. The van der Waals surface area contributed by atoms with E-state index in [1.54, 1.807) is 0 Å². The van der Waals surface area contributed by atoms with E-state index in [1.807, 2.05) is 0 Å². The van der Waals surface area contributed by atoms with Gasteiger partial charge in [0.05, 0.1) is 5.92 Å². The fourth-order valence-electron chi connectivity index (χ4n) is 2.15. The molecule has 0 bridgehead atoms. The van der Waals surface area contributed by atoms with Gasteiger partial charge in [-0.3, -0.25) is 9.59 Å². The lowest BCUT2D eigenvalue weighted by Crippen LogP contribution is -2.33. The molecular weight excluding hydrogens is 239 g/mol. The first-order valence-electron chi connectivity index (χ1n) is 5.71. The van der Waals surface area contributed by atoms with Crippen LogP contribution >= 0.6 is 0 Å². The summed E-state index contributed by atoms with van der Waals surface area (Å²) < 4.78 is 12.8. The van der Waals surface area contributed by atoms with Gasteiger partial charge < -0.3 is 10.4 Å². The summed E-state index contributed by atoms with van der Waals surface area (Å²) in [4.78, 5) is 25.9. The third-order valence-electron chi connectivity index (χ3n) is 3.11. The van der Waals surface area contributed by atoms with Gasteiger partial charge in [-0.1, -0.05) is 0 Å². The average molecular weight is 252 g/mol. The number of aliphatic carboxylic acids is 1. The molecule has 0 saturated heterocycles. The van der Waals surface area contributed by atoms with Crippen LogP contribution in [-0.2, 0) is 4.79 Å². The average Bonchev–Trinajstić information content (AvgIpc) is 2.77. The number of halogens is 1. The van der Waals surface area contributed by atoms with E-state index >= 15 is 0 Å². The number of rotatable bonds is 3. The zero-order chi connectivity index (χ0) is 13.1. The van der Waals surface area contributed by atoms with Crippen molar-refractivity contribution in [3.05, 3.63) is 29.8 Å². The maximum absolute atomic E-state index is 12.8. The van der Waals surface area contributed by atoms with Gasteiger partial charge in [-0.05, 0) is 25.3 Å². The van der Waals surface area contributed by atoms with Crippen LogP contribution in [0.15, 0.2) is 18.3 Å². The molecule has 0 aliphatic heterocycles. The Morgan fingerprint density at radius 2 is 2.22 bits per heavy atom. The summed E-state index contributed by atoms with van der Waals surface area (Å²) in [6.07, 6.45) is 2.84. The summed E-state index contributed by atoms with van der Waals surface area (Å²) in [5.41, 5.74) is 0.196. The molecule has 6 heteroatoms. The van der Waals surface area contributed by atoms with Gasteiger partial charge in [0.1, 0.15) is 0 Å². The largest absolute Gasteiger partial charge is 0.481 e. The van der Waals surface area contributed by atoms with Crippen molar-refractivity contribution in [1.82, 2.24) is 10.3 Å². The Bertz CT molecular complexity index is 478. The van der Waals surface area contributed by atoms with Gasteiger partial charge in [-0.15, -0.1) is 0 Å². The lowest BCUT2D eigenvalue weighted by Gasteiger charge is -2.12. The maximum Gasteiger partial charge on any atom is 0.306 e. The highest BCUT2D eigenvalue weighted by Gasteiger charge is 2.30. The summed E-state index contributed by atoms with van der Waals surface area (Å²) in [5, 5.41) is 11.6. The van der Waals surface area contributed by atoms with Crippen LogP contribution in [0.3, 0.4) is 0 Å². The van der Waals surface area contributed by atoms with E-state index in [0.29, 0.717) is 19.3 Å². The number of amides is 1. The fraction of sp³-hybridized carbons (Fsp3) is 0.417. The first-order valence-corrected chi connectivity index (χ1v) is 5.71. The van der Waals surface area contributed by atoms with Crippen LogP contribution in [0.1, 0.15) is 29.6 Å². The minimum absolute atomic E-state index is 0.158. The van der Waals surface area contributed by atoms with E-state index in [9.17, 15) is 14.0 Å². The molecule has 96 valence electrons. The zero-order valence-corrected chi connectivity index (χ0v) is 9.60. The van der Waals surface area contributed by atoms with Crippen molar-refractivity contribution < 1.29 is 19.1 Å². The molecular formula is C12H13FN2O3. The number of nitrogens with one attached hydrogen (secondary N) is 1. The van der Waals surface area contributed by atoms with E-state index in [2.05, 4.69) is 10.3 Å². The van der Waals surface area contributed by atoms with Crippen LogP contribution in [0.2, 0.25) is 0 Å². The number of carboxylic acids is 1. The predicted octanol–water partition coefficient (Wildman–Crippen LogP) is 1.20. The molecule has 0 radical (unpaired) electrons. The standard InChI is InChI=1S/C12H13FN2O3/c13-10-6-7(3-4-14-10)11(16)15-9-2-1-8(5-9)12(17)18/h3-4,6,8-9H,1-2,5H2,(H,15,16)(H,17,18). The molecule has 0 aromatic carbocycles. The molecule has 2 N–H and O–H groups in total. The molecule has 1 aromatic heterocycles. The first kappa shape index (κ1) is 12.5. The third-order valence-corrected chi connectivity index (χ3v) is 3.11. The Hall–Kier alpha value is -1.98. The molecule has 1 fully saturated rings. The molecule has 2 rings (SSSR count). The third kappa shape index (κ3) is 2.82. The summed E-state index contributed by atoms with van der Waals surface area (Å²) in [6.45, 7) is 0. The second-order valence-corrected chi connectivity index (χ2v) is 4.39. The highest BCUT2D eigenvalue weighted by Crippen LogP contribution is 2.25. The van der Waals surface area contributed by atoms with Crippen molar-refractivity contribution in [1.29, 1.82) is 0 Å². The highest BCUT2D eigenvalue weighted by atomic mass is 19.1. The summed E-state index contributed by atoms with van der Waals surface area (Å²) in [5.74, 6) is -2.34. The molecule has 1 aliphatic rings. The van der Waals surface area contributed by atoms with Crippen LogP contribution in [0.5, 0.6) is 0 Å². The van der Waals surface area contributed by atoms with Crippen molar-refractivity contribution in [2.24, 2.45) is 5.92 Å². The fourth-order valence-corrected chi connectivity index (χ4v) is 2.15. The van der Waals surface area contributed by atoms with Gasteiger partial charge in [0.25, 0.3) is 5.91 Å². The van der Waals surface area contributed by atoms with Crippen LogP contribution in [0, 0.1) is 11.9 Å². The second kappa shape index (κ2) is 5.12. The number of carbonyl (C=O) groups excluding carboxylic acids is 1. The Morgan fingerprint density at radius 3 is 2.83 bits per heavy atom. The molecule has 1 amide bonds. The highest BCUT2D eigenvalue weighted by molar-refractivity contribution is 5.94. The number of carboxylic acid groups (broad SMARTS) is 1. The van der Waals surface area contributed by atoms with E-state index < -0.39 is 23.7 Å². The van der Waals surface area contributed by atoms with Gasteiger partial charge in [-0.25, -0.2) is 4.98 Å². The Kier molecular flexibility index (Phi) is 3.55. The summed E-state index contributed by atoms with van der Waals surface area (Å²) in [7, 11) is 0. The van der Waals surface area contributed by atoms with Gasteiger partial charge in [0.2, 0.25) is 5.95 Å². The number of hydrogen-bond donors (Lipinski definition) is 2. The van der Waals surface area contributed by atoms with Gasteiger partial charge in [0, 0.05) is 23.9 Å². The lowest BCUT2D eigenvalue weighted by molar-refractivity contribution is -0.141. The Morgan fingerprint density at radius 1 is 1.44 bits per heavy atom. The molecule has 18 heavy (non-hydrogen) atoms. The first-order chi connectivity index (χ1) is 8.56. The van der Waals surface area contributed by atoms with Gasteiger partial charge in [0.15, 0.2) is 0 Å². The summed E-state index contributed by atoms with van der Waals surface area (Å²) >= 11 is 0. The van der Waals surface area contributed by atoms with Gasteiger partial charge >= 0.3 is 5.97 Å². The van der Waals surface area contributed by atoms with E-state index in [4.69, 9.17) is 5.11 Å². The molecule has 2 unspecified atom stereocenters. The maximum atomic E-state index is 12.8. The van der Waals surface area contributed by atoms with Crippen molar-refractivity contribution in [2.45, 2.75) is 25.3 Å². The molecule has 5 nitrogen and oxygen atoms in total. The minimum Gasteiger partial charge on any atom is -0.481 e. The molecule has 1 heterocycles. The predicted molar refractivity (Wildman–Crippen MR) is 60.4 cm³/mol. The van der Waals surface area contributed by atoms with E-state index in [0.717, 1.165) is 6.07 Å². The van der Waals surface area contributed by atoms with Crippen molar-refractivity contribution >= 4 is 11.9 Å². The van der Waals surface area contributed by atoms with E-state index in [1.165, 1.54) is 12.3 Å². The Balaban J connectivity index is 1.95. The topological polar surface area (TPSA) is 79.3 Å². The van der Waals surface area contributed by atoms with Crippen LogP contribution in [0.4, 0.5) is 4.39 Å². The lowest BCUT2D eigenvalue weighted by atomic mass is 10.1. The van der Waals surface area contributed by atoms with Crippen LogP contribution < -0.4 is 5.32 Å². The number of aromatic nitrogens is 1.